The zero-order chi connectivity index (χ0) is 21.1. The number of rotatable bonds is 2. The molecule has 0 saturated heterocycles. The topological polar surface area (TPSA) is 56.5 Å². The molecule has 0 amide bonds. The van der Waals surface area contributed by atoms with E-state index in [1.54, 1.807) is 6.33 Å². The van der Waals surface area contributed by atoms with Gasteiger partial charge in [-0.3, -0.25) is 9.97 Å². The van der Waals surface area contributed by atoms with Crippen LogP contribution in [-0.2, 0) is 0 Å². The molecule has 6 heteroatoms. The van der Waals surface area contributed by atoms with Crippen LogP contribution in [-0.4, -0.2) is 24.5 Å². The van der Waals surface area contributed by atoms with Crippen LogP contribution in [0.2, 0.25) is 0 Å². The lowest BCUT2D eigenvalue weighted by Crippen LogP contribution is -2.16. The molecule has 0 aliphatic carbocycles. The summed E-state index contributed by atoms with van der Waals surface area (Å²) >= 11 is 0. The van der Waals surface area contributed by atoms with Gasteiger partial charge in [-0.2, -0.15) is 0 Å². The molecule has 152 valence electrons. The molecule has 7 rings (SSSR count). The molecule has 2 aromatic carbocycles. The molecule has 5 heterocycles. The van der Waals surface area contributed by atoms with E-state index in [1.807, 2.05) is 24.7 Å². The molecule has 1 aliphatic rings. The van der Waals surface area contributed by atoms with E-state index in [2.05, 4.69) is 82.3 Å². The van der Waals surface area contributed by atoms with Crippen molar-refractivity contribution >= 4 is 32.1 Å². The third kappa shape index (κ3) is 2.09. The van der Waals surface area contributed by atoms with Crippen LogP contribution in [0.25, 0.3) is 27.8 Å². The molecular formula is C26H17N5S. The molecule has 32 heavy (non-hydrogen) atoms. The Morgan fingerprint density at radius 1 is 0.656 bits per heavy atom. The van der Waals surface area contributed by atoms with Crippen LogP contribution in [0.1, 0.15) is 0 Å². The van der Waals surface area contributed by atoms with Gasteiger partial charge in [0.25, 0.3) is 0 Å². The molecule has 0 fully saturated rings. The first-order valence-corrected chi connectivity index (χ1v) is 12.0. The van der Waals surface area contributed by atoms with Crippen LogP contribution < -0.4 is 0 Å². The van der Waals surface area contributed by atoms with Gasteiger partial charge in [0.05, 0.1) is 22.9 Å². The normalized spacial score (nSPS) is 14.9. The van der Waals surface area contributed by atoms with Crippen molar-refractivity contribution < 1.29 is 0 Å². The van der Waals surface area contributed by atoms with E-state index >= 15 is 0 Å². The maximum Gasteiger partial charge on any atom is 0.119 e. The predicted octanol–water partition coefficient (Wildman–Crippen LogP) is 6.02. The Balaban J connectivity index is 1.79. The van der Waals surface area contributed by atoms with Gasteiger partial charge in [0.15, 0.2) is 0 Å². The summed E-state index contributed by atoms with van der Waals surface area (Å²) in [5, 5.41) is 1.03. The van der Waals surface area contributed by atoms with E-state index in [0.717, 1.165) is 32.8 Å². The number of benzene rings is 2. The van der Waals surface area contributed by atoms with Crippen molar-refractivity contribution in [1.29, 1.82) is 0 Å². The first-order valence-electron chi connectivity index (χ1n) is 10.4. The van der Waals surface area contributed by atoms with Gasteiger partial charge in [-0.05, 0) is 42.5 Å². The molecule has 0 atom stereocenters. The number of hydrogen-bond donors (Lipinski definition) is 0. The summed E-state index contributed by atoms with van der Waals surface area (Å²) in [5.74, 6) is 0. The van der Waals surface area contributed by atoms with Crippen molar-refractivity contribution in [2.24, 2.45) is 0 Å². The maximum absolute atomic E-state index is 4.96. The van der Waals surface area contributed by atoms with Crippen molar-refractivity contribution in [2.75, 3.05) is 0 Å². The Kier molecular flexibility index (Phi) is 3.57. The Labute approximate surface area is 185 Å². The van der Waals surface area contributed by atoms with Gasteiger partial charge in [-0.25, -0.2) is 9.97 Å². The Morgan fingerprint density at radius 2 is 1.38 bits per heavy atom. The minimum Gasteiger partial charge on any atom is -0.301 e. The van der Waals surface area contributed by atoms with E-state index in [1.165, 1.54) is 14.7 Å². The van der Waals surface area contributed by atoms with Crippen LogP contribution in [0, 0.1) is 0 Å². The lowest BCUT2D eigenvalue weighted by molar-refractivity contribution is 0.936. The average Bonchev–Trinajstić information content (AvgIpc) is 3.22. The molecule has 0 N–H and O–H groups in total. The predicted molar refractivity (Wildman–Crippen MR) is 126 cm³/mol. The lowest BCUT2D eigenvalue weighted by atomic mass is 10.3. The van der Waals surface area contributed by atoms with E-state index in [0.29, 0.717) is 0 Å². The fourth-order valence-electron chi connectivity index (χ4n) is 4.87. The number of hydrogen-bond acceptors (Lipinski definition) is 4. The van der Waals surface area contributed by atoms with Crippen molar-refractivity contribution in [3.8, 4) is 5.69 Å². The molecule has 5 nitrogen and oxygen atoms in total. The first-order chi connectivity index (χ1) is 15.9. The maximum atomic E-state index is 4.96. The summed E-state index contributed by atoms with van der Waals surface area (Å²) in [4.78, 5) is 22.6. The zero-order valence-electron chi connectivity index (χ0n) is 17.0. The average molecular weight is 432 g/mol. The number of nitrogens with zero attached hydrogens (tertiary/aromatic N) is 5. The van der Waals surface area contributed by atoms with Crippen molar-refractivity contribution in [2.45, 2.75) is 19.7 Å². The van der Waals surface area contributed by atoms with Crippen LogP contribution in [0.3, 0.4) is 0 Å². The van der Waals surface area contributed by atoms with Gasteiger partial charge in [-0.1, -0.05) is 36.4 Å². The molecule has 6 aromatic rings. The standard InChI is InChI=1S/C26H17N5S/c1-3-8-18(9-4-1)32(19-10-5-2-6-11-19)22-13-15-29-24-23-20(12-7-14-28-23)31(25(22)24)21-16-27-17-30-26(21)32/h1-17H. The summed E-state index contributed by atoms with van der Waals surface area (Å²) in [5.41, 5.74) is 4.91. The molecule has 0 spiro atoms. The second-order valence-electron chi connectivity index (χ2n) is 7.66. The van der Waals surface area contributed by atoms with E-state index in [4.69, 9.17) is 15.0 Å². The van der Waals surface area contributed by atoms with Gasteiger partial charge in [-0.15, -0.1) is 10.0 Å². The van der Waals surface area contributed by atoms with Crippen LogP contribution in [0.4, 0.5) is 0 Å². The van der Waals surface area contributed by atoms with Gasteiger partial charge in [0, 0.05) is 27.1 Å². The minimum absolute atomic E-state index is 0.899. The van der Waals surface area contributed by atoms with Gasteiger partial charge in [0.1, 0.15) is 22.4 Å². The fourth-order valence-corrected chi connectivity index (χ4v) is 8.84. The van der Waals surface area contributed by atoms with Crippen LogP contribution in [0.15, 0.2) is 123 Å². The van der Waals surface area contributed by atoms with E-state index in [-0.39, 0.29) is 0 Å². The molecule has 1 aliphatic heterocycles. The number of pyridine rings is 2. The van der Waals surface area contributed by atoms with Gasteiger partial charge in [0.2, 0.25) is 0 Å². The highest BCUT2D eigenvalue weighted by molar-refractivity contribution is 8.34. The first kappa shape index (κ1) is 17.6. The Morgan fingerprint density at radius 3 is 2.12 bits per heavy atom. The zero-order valence-corrected chi connectivity index (χ0v) is 17.8. The second-order valence-corrected chi connectivity index (χ2v) is 10.7. The highest BCUT2D eigenvalue weighted by atomic mass is 32.3. The quantitative estimate of drug-likeness (QED) is 0.314. The van der Waals surface area contributed by atoms with E-state index in [9.17, 15) is 0 Å². The summed E-state index contributed by atoms with van der Waals surface area (Å²) in [6, 6.07) is 27.7. The molecule has 0 radical (unpaired) electrons. The number of aromatic nitrogens is 5. The Hall–Kier alpha value is -4.03. The SMILES string of the molecule is c1ccc(S2(c3ccccc3)c3ncncc3-n3c4cccnc4c4nccc2c43)cc1. The fraction of sp³-hybridized carbons (Fsp3) is 0. The summed E-state index contributed by atoms with van der Waals surface area (Å²) in [6.07, 6.45) is 7.34. The van der Waals surface area contributed by atoms with Gasteiger partial charge < -0.3 is 4.57 Å². The highest BCUT2D eigenvalue weighted by Gasteiger charge is 2.42. The summed E-state index contributed by atoms with van der Waals surface area (Å²) < 4.78 is 2.24. The van der Waals surface area contributed by atoms with Crippen molar-refractivity contribution in [3.05, 3.63) is 104 Å². The molecule has 0 bridgehead atoms. The van der Waals surface area contributed by atoms with Crippen molar-refractivity contribution in [3.63, 3.8) is 0 Å². The van der Waals surface area contributed by atoms with Crippen LogP contribution in [0.5, 0.6) is 0 Å². The minimum atomic E-state index is -1.87. The Bertz CT molecular complexity index is 1590. The highest BCUT2D eigenvalue weighted by Crippen LogP contribution is 2.76. The largest absolute Gasteiger partial charge is 0.301 e. The van der Waals surface area contributed by atoms with Crippen molar-refractivity contribution in [1.82, 2.24) is 24.5 Å². The summed E-state index contributed by atoms with van der Waals surface area (Å²) in [6.45, 7) is 0. The summed E-state index contributed by atoms with van der Waals surface area (Å²) in [7, 11) is -1.87. The monoisotopic (exact) mass is 431 g/mol. The smallest absolute Gasteiger partial charge is 0.119 e. The molecule has 0 unspecified atom stereocenters. The molecule has 4 aromatic heterocycles. The number of fused-ring (bicyclic) bond motifs is 5. The second kappa shape index (κ2) is 6.48. The van der Waals surface area contributed by atoms with Gasteiger partial charge >= 0.3 is 0 Å². The molecule has 0 saturated carbocycles. The third-order valence-corrected chi connectivity index (χ3v) is 9.92. The molecular weight excluding hydrogens is 414 g/mol. The lowest BCUT2D eigenvalue weighted by Gasteiger charge is -2.44. The third-order valence-electron chi connectivity index (χ3n) is 6.07. The van der Waals surface area contributed by atoms with E-state index < -0.39 is 10.0 Å². The van der Waals surface area contributed by atoms with Crippen LogP contribution >= 0.6 is 10.0 Å².